The predicted molar refractivity (Wildman–Crippen MR) is 159 cm³/mol. The van der Waals surface area contributed by atoms with Gasteiger partial charge in [0, 0.05) is 31.2 Å². The number of esters is 1. The molecule has 6 N–H and O–H groups in total. The van der Waals surface area contributed by atoms with E-state index in [0.29, 0.717) is 24.8 Å². The van der Waals surface area contributed by atoms with Crippen molar-refractivity contribution in [2.75, 3.05) is 17.6 Å². The molecule has 1 aliphatic heterocycles. The zero-order valence-corrected chi connectivity index (χ0v) is 26.0. The molecule has 0 unspecified atom stereocenters. The lowest BCUT2D eigenvalue weighted by Gasteiger charge is -2.38. The van der Waals surface area contributed by atoms with E-state index in [9.17, 15) is 48.0 Å². The van der Waals surface area contributed by atoms with Gasteiger partial charge in [-0.1, -0.05) is 32.9 Å². The number of amides is 2. The van der Waals surface area contributed by atoms with E-state index < -0.39 is 58.4 Å². The molecule has 0 aliphatic carbocycles. The van der Waals surface area contributed by atoms with E-state index in [0.717, 1.165) is 5.41 Å². The first-order valence-electron chi connectivity index (χ1n) is 14.4. The fourth-order valence-corrected chi connectivity index (χ4v) is 4.94. The normalized spacial score (nSPS) is 21.5. The molecule has 1 aliphatic rings. The molecule has 1 aromatic carbocycles. The summed E-state index contributed by atoms with van der Waals surface area (Å²) in [6, 6.07) is 4.28. The highest BCUT2D eigenvalue weighted by molar-refractivity contribution is 7.94. The number of carboxylic acids is 1. The van der Waals surface area contributed by atoms with Crippen LogP contribution in [0.3, 0.4) is 0 Å². The van der Waals surface area contributed by atoms with E-state index in [2.05, 4.69) is 17.2 Å². The van der Waals surface area contributed by atoms with Crippen molar-refractivity contribution < 1.29 is 62.2 Å². The van der Waals surface area contributed by atoms with Gasteiger partial charge in [0.2, 0.25) is 18.1 Å². The molecular weight excluding hydrogens is 616 g/mol. The predicted octanol–water partition coefficient (Wildman–Crippen LogP) is 0.610. The molecule has 0 aromatic heterocycles. The molecule has 1 aromatic rings. The highest BCUT2D eigenvalue weighted by Gasteiger charge is 2.48. The number of aliphatic carboxylic acids is 1. The number of carbonyl (C=O) groups is 4. The van der Waals surface area contributed by atoms with Gasteiger partial charge in [0.1, 0.15) is 30.7 Å². The van der Waals surface area contributed by atoms with Crippen LogP contribution >= 0.6 is 0 Å². The van der Waals surface area contributed by atoms with Gasteiger partial charge in [0.05, 0.1) is 11.4 Å². The third kappa shape index (κ3) is 12.8. The van der Waals surface area contributed by atoms with Crippen molar-refractivity contribution in [2.24, 2.45) is 5.92 Å². The van der Waals surface area contributed by atoms with E-state index in [1.54, 1.807) is 0 Å². The minimum Gasteiger partial charge on any atom is -0.479 e. The molecule has 2 amide bonds. The SMILES string of the molecule is C=CS(=O)(=O)CCCCCC(=O)NCCC(=O)Nc1cc(COC(=O)CC(C)C)ccc1O[C@@H]1O[C@H](C(=O)O)[C@@H](O)[C@H](O)[C@H]1O. The fourth-order valence-electron chi connectivity index (χ4n) is 4.16. The van der Waals surface area contributed by atoms with Crippen LogP contribution in [0.5, 0.6) is 5.75 Å². The second-order valence-electron chi connectivity index (χ2n) is 10.9. The van der Waals surface area contributed by atoms with Crippen LogP contribution in [0, 0.1) is 5.92 Å². The van der Waals surface area contributed by atoms with Crippen molar-refractivity contribution >= 4 is 39.3 Å². The van der Waals surface area contributed by atoms with Gasteiger partial charge in [-0.25, -0.2) is 13.2 Å². The molecule has 45 heavy (non-hydrogen) atoms. The summed E-state index contributed by atoms with van der Waals surface area (Å²) in [6.45, 7) is 6.80. The summed E-state index contributed by atoms with van der Waals surface area (Å²) in [5, 5.41) is 45.8. The van der Waals surface area contributed by atoms with Gasteiger partial charge in [-0.15, -0.1) is 0 Å². The minimum absolute atomic E-state index is 0.0208. The Balaban J connectivity index is 2.04. The van der Waals surface area contributed by atoms with Crippen LogP contribution in [0.4, 0.5) is 5.69 Å². The molecule has 1 saturated heterocycles. The van der Waals surface area contributed by atoms with Crippen LogP contribution in [-0.2, 0) is 45.1 Å². The van der Waals surface area contributed by atoms with E-state index in [1.165, 1.54) is 18.2 Å². The second kappa shape index (κ2) is 17.8. The molecule has 2 rings (SSSR count). The summed E-state index contributed by atoms with van der Waals surface area (Å²) in [4.78, 5) is 48.3. The summed E-state index contributed by atoms with van der Waals surface area (Å²) in [7, 11) is -3.29. The number of anilines is 1. The standard InChI is InChI=1S/C29H42N2O13S/c1-4-45(40,41)13-7-5-6-8-21(32)30-12-11-22(33)31-19-15-18(16-42-23(34)14-17(2)3)9-10-20(19)43-29-26(37)24(35)25(36)27(44-29)28(38)39/h4,9-10,15,17,24-27,29,35-37H,1,5-8,11-14,16H2,2-3H3,(H,30,32)(H,31,33)(H,38,39)/t24-,25-,26+,27-,29+/m0/s1. The van der Waals surface area contributed by atoms with Gasteiger partial charge >= 0.3 is 11.9 Å². The zero-order chi connectivity index (χ0) is 33.7. The lowest BCUT2D eigenvalue weighted by molar-refractivity contribution is -0.271. The first kappa shape index (κ1) is 37.6. The Bertz CT molecular complexity index is 1300. The number of sulfone groups is 1. The first-order chi connectivity index (χ1) is 21.1. The first-order valence-corrected chi connectivity index (χ1v) is 16.1. The molecule has 15 nitrogen and oxygen atoms in total. The second-order valence-corrected chi connectivity index (χ2v) is 13.0. The molecule has 0 radical (unpaired) electrons. The van der Waals surface area contributed by atoms with Gasteiger partial charge in [-0.05, 0) is 36.5 Å². The highest BCUT2D eigenvalue weighted by Crippen LogP contribution is 2.31. The summed E-state index contributed by atoms with van der Waals surface area (Å²) in [5.41, 5.74) is 0.481. The monoisotopic (exact) mass is 658 g/mol. The third-order valence-corrected chi connectivity index (χ3v) is 7.98. The number of benzene rings is 1. The number of ether oxygens (including phenoxy) is 3. The van der Waals surface area contributed by atoms with E-state index in [4.69, 9.17) is 14.2 Å². The lowest BCUT2D eigenvalue weighted by Crippen LogP contribution is -2.61. The van der Waals surface area contributed by atoms with Crippen LogP contribution in [0.1, 0.15) is 57.9 Å². The Labute approximate surface area is 261 Å². The largest absolute Gasteiger partial charge is 0.479 e. The van der Waals surface area contributed by atoms with Gasteiger partial charge in [0.15, 0.2) is 15.9 Å². The number of hydrogen-bond acceptors (Lipinski definition) is 12. The Morgan fingerprint density at radius 2 is 1.73 bits per heavy atom. The Morgan fingerprint density at radius 1 is 1.02 bits per heavy atom. The summed E-state index contributed by atoms with van der Waals surface area (Å²) < 4.78 is 38.9. The number of aliphatic hydroxyl groups is 3. The quantitative estimate of drug-likeness (QED) is 0.0938. The Morgan fingerprint density at radius 3 is 2.38 bits per heavy atom. The van der Waals surface area contributed by atoms with Crippen LogP contribution in [0.2, 0.25) is 0 Å². The molecule has 0 saturated carbocycles. The van der Waals surface area contributed by atoms with Gasteiger partial charge in [-0.2, -0.15) is 0 Å². The maximum absolute atomic E-state index is 12.8. The Kier molecular flexibility index (Phi) is 14.9. The average molecular weight is 659 g/mol. The topological polar surface area (TPSA) is 235 Å². The molecule has 0 bridgehead atoms. The summed E-state index contributed by atoms with van der Waals surface area (Å²) in [5.74, 6) is -2.97. The van der Waals surface area contributed by atoms with Crippen LogP contribution < -0.4 is 15.4 Å². The van der Waals surface area contributed by atoms with Crippen molar-refractivity contribution in [1.29, 1.82) is 0 Å². The summed E-state index contributed by atoms with van der Waals surface area (Å²) in [6.07, 6.45) is -7.78. The number of hydrogen-bond donors (Lipinski definition) is 6. The number of rotatable bonds is 18. The molecule has 1 heterocycles. The van der Waals surface area contributed by atoms with Crippen molar-refractivity contribution in [3.8, 4) is 5.75 Å². The number of carbonyl (C=O) groups excluding carboxylic acids is 3. The van der Waals surface area contributed by atoms with Crippen molar-refractivity contribution in [2.45, 2.75) is 89.7 Å². The van der Waals surface area contributed by atoms with Crippen molar-refractivity contribution in [1.82, 2.24) is 5.32 Å². The van der Waals surface area contributed by atoms with E-state index >= 15 is 0 Å². The molecule has 1 fully saturated rings. The number of aliphatic hydroxyl groups excluding tert-OH is 3. The average Bonchev–Trinajstić information content (AvgIpc) is 2.96. The lowest BCUT2D eigenvalue weighted by atomic mass is 9.99. The molecule has 5 atom stereocenters. The zero-order valence-electron chi connectivity index (χ0n) is 25.2. The van der Waals surface area contributed by atoms with Crippen LogP contribution in [0.15, 0.2) is 30.2 Å². The van der Waals surface area contributed by atoms with E-state index in [-0.39, 0.29) is 61.4 Å². The van der Waals surface area contributed by atoms with Crippen molar-refractivity contribution in [3.05, 3.63) is 35.7 Å². The number of nitrogens with one attached hydrogen (secondary N) is 2. The van der Waals surface area contributed by atoms with Crippen LogP contribution in [-0.4, -0.2) is 95.6 Å². The maximum atomic E-state index is 12.8. The minimum atomic E-state index is -3.29. The third-order valence-electron chi connectivity index (χ3n) is 6.61. The van der Waals surface area contributed by atoms with Gasteiger partial charge in [-0.3, -0.25) is 14.4 Å². The fraction of sp³-hybridized carbons (Fsp3) is 0.586. The summed E-state index contributed by atoms with van der Waals surface area (Å²) >= 11 is 0. The van der Waals surface area contributed by atoms with Crippen LogP contribution in [0.25, 0.3) is 0 Å². The molecule has 0 spiro atoms. The Hall–Kier alpha value is -3.57. The molecule has 16 heteroatoms. The highest BCUT2D eigenvalue weighted by atomic mass is 32.2. The number of carboxylic acid groups (broad SMARTS) is 1. The molecule has 252 valence electrons. The van der Waals surface area contributed by atoms with Gasteiger partial charge in [0.25, 0.3) is 0 Å². The smallest absolute Gasteiger partial charge is 0.335 e. The number of unbranched alkanes of at least 4 members (excludes halogenated alkanes) is 2. The van der Waals surface area contributed by atoms with E-state index in [1.807, 2.05) is 13.8 Å². The molecular formula is C29H42N2O13S. The van der Waals surface area contributed by atoms with Gasteiger partial charge < -0.3 is 45.3 Å². The maximum Gasteiger partial charge on any atom is 0.335 e. The van der Waals surface area contributed by atoms with Crippen molar-refractivity contribution in [3.63, 3.8) is 0 Å².